The number of halogens is 1. The molecule has 0 radical (unpaired) electrons. The number of hydrogen-bond acceptors (Lipinski definition) is 5. The molecule has 1 aromatic heterocycles. The number of ether oxygens (including phenoxy) is 1. The fraction of sp³-hybridized carbons (Fsp3) is 0.182. The van der Waals surface area contributed by atoms with E-state index in [9.17, 15) is 9.18 Å². The van der Waals surface area contributed by atoms with E-state index >= 15 is 0 Å². The summed E-state index contributed by atoms with van der Waals surface area (Å²) in [5, 5.41) is 7.14. The third kappa shape index (κ3) is 2.47. The first-order valence-corrected chi connectivity index (χ1v) is 4.85. The van der Waals surface area contributed by atoms with Crippen molar-refractivity contribution in [2.75, 3.05) is 7.11 Å². The average Bonchev–Trinajstić information content (AvgIpc) is 2.80. The summed E-state index contributed by atoms with van der Waals surface area (Å²) in [6.07, 6.45) is 0.136. The van der Waals surface area contributed by atoms with E-state index in [1.54, 1.807) is 18.2 Å². The predicted octanol–water partition coefficient (Wildman–Crippen LogP) is 1.59. The summed E-state index contributed by atoms with van der Waals surface area (Å²) in [7, 11) is 1.21. The molecule has 0 unspecified atom stereocenters. The summed E-state index contributed by atoms with van der Waals surface area (Å²) in [6, 6.07) is 6.24. The maximum Gasteiger partial charge on any atom is 0.396 e. The lowest BCUT2D eigenvalue weighted by Crippen LogP contribution is -2.00. The summed E-state index contributed by atoms with van der Waals surface area (Å²) in [5.41, 5.74) is 0.424. The topological polar surface area (TPSA) is 65.2 Å². The van der Waals surface area contributed by atoms with Gasteiger partial charge in [-0.05, 0) is 11.6 Å². The Morgan fingerprint density at radius 3 is 2.88 bits per heavy atom. The van der Waals surface area contributed by atoms with Gasteiger partial charge in [-0.15, -0.1) is 10.2 Å². The molecule has 2 rings (SSSR count). The number of rotatable bonds is 3. The highest BCUT2D eigenvalue weighted by molar-refractivity contribution is 5.83. The first-order valence-electron chi connectivity index (χ1n) is 4.85. The maximum absolute atomic E-state index is 13.3. The average molecular weight is 236 g/mol. The molecular weight excluding hydrogens is 227 g/mol. The van der Waals surface area contributed by atoms with Crippen LogP contribution in [0.1, 0.15) is 22.1 Å². The Kier molecular flexibility index (Phi) is 3.13. The Balaban J connectivity index is 2.17. The van der Waals surface area contributed by atoms with Crippen LogP contribution in [-0.2, 0) is 11.2 Å². The minimum Gasteiger partial charge on any atom is -0.462 e. The molecule has 6 heteroatoms. The molecule has 0 N–H and O–H groups in total. The van der Waals surface area contributed by atoms with Gasteiger partial charge in [0.1, 0.15) is 5.82 Å². The van der Waals surface area contributed by atoms with Crippen molar-refractivity contribution in [3.05, 3.63) is 47.4 Å². The van der Waals surface area contributed by atoms with E-state index in [4.69, 9.17) is 4.42 Å². The lowest BCUT2D eigenvalue weighted by molar-refractivity contribution is 0.0554. The van der Waals surface area contributed by atoms with Crippen LogP contribution in [0.4, 0.5) is 4.39 Å². The Morgan fingerprint density at radius 1 is 1.41 bits per heavy atom. The van der Waals surface area contributed by atoms with Gasteiger partial charge < -0.3 is 9.15 Å². The molecule has 0 saturated carbocycles. The van der Waals surface area contributed by atoms with Gasteiger partial charge in [-0.25, -0.2) is 9.18 Å². The number of aromatic nitrogens is 2. The minimum atomic E-state index is -0.711. The van der Waals surface area contributed by atoms with E-state index in [2.05, 4.69) is 14.9 Å². The molecule has 5 nitrogen and oxygen atoms in total. The molecule has 17 heavy (non-hydrogen) atoms. The highest BCUT2D eigenvalue weighted by Crippen LogP contribution is 2.12. The van der Waals surface area contributed by atoms with Gasteiger partial charge in [-0.1, -0.05) is 18.2 Å². The predicted molar refractivity (Wildman–Crippen MR) is 54.8 cm³/mol. The molecule has 1 aromatic carbocycles. The van der Waals surface area contributed by atoms with E-state index in [1.807, 2.05) is 0 Å². The molecule has 2 aromatic rings. The normalized spacial score (nSPS) is 10.2. The van der Waals surface area contributed by atoms with Crippen LogP contribution in [0.2, 0.25) is 0 Å². The molecule has 1 heterocycles. The van der Waals surface area contributed by atoms with Crippen molar-refractivity contribution in [3.8, 4) is 0 Å². The van der Waals surface area contributed by atoms with Crippen LogP contribution in [0.3, 0.4) is 0 Å². The SMILES string of the molecule is COC(=O)c1nnc(Cc2ccccc2F)o1. The van der Waals surface area contributed by atoms with Crippen molar-refractivity contribution >= 4 is 5.97 Å². The summed E-state index contributed by atoms with van der Waals surface area (Å²) in [4.78, 5) is 11.1. The van der Waals surface area contributed by atoms with Crippen LogP contribution in [0, 0.1) is 5.82 Å². The number of esters is 1. The first-order chi connectivity index (χ1) is 8.20. The lowest BCUT2D eigenvalue weighted by atomic mass is 10.1. The van der Waals surface area contributed by atoms with Gasteiger partial charge in [0, 0.05) is 0 Å². The van der Waals surface area contributed by atoms with E-state index < -0.39 is 5.97 Å². The molecule has 0 bridgehead atoms. The zero-order valence-corrected chi connectivity index (χ0v) is 9.01. The molecule has 0 fully saturated rings. The maximum atomic E-state index is 13.3. The van der Waals surface area contributed by atoms with Crippen LogP contribution < -0.4 is 0 Å². The number of nitrogens with zero attached hydrogens (tertiary/aromatic N) is 2. The highest BCUT2D eigenvalue weighted by atomic mass is 19.1. The van der Waals surface area contributed by atoms with Gasteiger partial charge in [0.15, 0.2) is 0 Å². The second-order valence-corrected chi connectivity index (χ2v) is 3.26. The lowest BCUT2D eigenvalue weighted by Gasteiger charge is -1.97. The van der Waals surface area contributed by atoms with Gasteiger partial charge in [0.05, 0.1) is 13.5 Å². The summed E-state index contributed by atoms with van der Waals surface area (Å²) >= 11 is 0. The summed E-state index contributed by atoms with van der Waals surface area (Å²) < 4.78 is 22.8. The molecule has 0 saturated heterocycles. The molecule has 88 valence electrons. The smallest absolute Gasteiger partial charge is 0.396 e. The van der Waals surface area contributed by atoms with E-state index in [-0.39, 0.29) is 24.0 Å². The van der Waals surface area contributed by atoms with Crippen molar-refractivity contribution in [1.29, 1.82) is 0 Å². The van der Waals surface area contributed by atoms with Gasteiger partial charge in [-0.2, -0.15) is 0 Å². The second-order valence-electron chi connectivity index (χ2n) is 3.26. The first kappa shape index (κ1) is 11.3. The molecule has 0 aliphatic rings. The quantitative estimate of drug-likeness (QED) is 0.757. The van der Waals surface area contributed by atoms with E-state index in [0.717, 1.165) is 0 Å². The molecule has 0 aliphatic carbocycles. The van der Waals surface area contributed by atoms with Crippen molar-refractivity contribution in [3.63, 3.8) is 0 Å². The van der Waals surface area contributed by atoms with Crippen molar-refractivity contribution in [1.82, 2.24) is 10.2 Å². The van der Waals surface area contributed by atoms with Crippen LogP contribution >= 0.6 is 0 Å². The third-order valence-electron chi connectivity index (χ3n) is 2.13. The van der Waals surface area contributed by atoms with Crippen LogP contribution in [0.15, 0.2) is 28.7 Å². The number of methoxy groups -OCH3 is 1. The highest BCUT2D eigenvalue weighted by Gasteiger charge is 2.15. The third-order valence-corrected chi connectivity index (χ3v) is 2.13. The second kappa shape index (κ2) is 4.73. The zero-order chi connectivity index (χ0) is 12.3. The fourth-order valence-electron chi connectivity index (χ4n) is 1.30. The van der Waals surface area contributed by atoms with Crippen LogP contribution in [0.5, 0.6) is 0 Å². The standard InChI is InChI=1S/C11H9FN2O3/c1-16-11(15)10-14-13-9(17-10)6-7-4-2-3-5-8(7)12/h2-5H,6H2,1H3. The molecule has 0 spiro atoms. The monoisotopic (exact) mass is 236 g/mol. The van der Waals surface area contributed by atoms with E-state index in [0.29, 0.717) is 5.56 Å². The molecule has 0 aliphatic heterocycles. The molecule has 0 atom stereocenters. The van der Waals surface area contributed by atoms with Gasteiger partial charge >= 0.3 is 11.9 Å². The van der Waals surface area contributed by atoms with Gasteiger partial charge in [0.25, 0.3) is 0 Å². The van der Waals surface area contributed by atoms with Gasteiger partial charge in [0.2, 0.25) is 5.89 Å². The number of hydrogen-bond donors (Lipinski definition) is 0. The van der Waals surface area contributed by atoms with Crippen LogP contribution in [0.25, 0.3) is 0 Å². The Hall–Kier alpha value is -2.24. The molecule has 0 amide bonds. The Labute approximate surface area is 96.2 Å². The Bertz CT molecular complexity index is 539. The van der Waals surface area contributed by atoms with E-state index in [1.165, 1.54) is 13.2 Å². The van der Waals surface area contributed by atoms with Crippen molar-refractivity contribution < 1.29 is 18.3 Å². The van der Waals surface area contributed by atoms with Gasteiger partial charge in [-0.3, -0.25) is 0 Å². The fourth-order valence-corrected chi connectivity index (χ4v) is 1.30. The van der Waals surface area contributed by atoms with Crippen molar-refractivity contribution in [2.24, 2.45) is 0 Å². The summed E-state index contributed by atoms with van der Waals surface area (Å²) in [6.45, 7) is 0. The summed E-state index contributed by atoms with van der Waals surface area (Å²) in [5.74, 6) is -1.14. The van der Waals surface area contributed by atoms with Crippen molar-refractivity contribution in [2.45, 2.75) is 6.42 Å². The number of carbonyl (C=O) groups excluding carboxylic acids is 1. The zero-order valence-electron chi connectivity index (χ0n) is 9.01. The molecular formula is C11H9FN2O3. The number of carbonyl (C=O) groups is 1. The Morgan fingerprint density at radius 2 is 2.18 bits per heavy atom. The minimum absolute atomic E-state index is 0.136. The number of benzene rings is 1. The van der Waals surface area contributed by atoms with Crippen LogP contribution in [-0.4, -0.2) is 23.3 Å². The largest absolute Gasteiger partial charge is 0.462 e.